The molecule has 3 aromatic carbocycles. The summed E-state index contributed by atoms with van der Waals surface area (Å²) in [6.07, 6.45) is 7.88. The summed E-state index contributed by atoms with van der Waals surface area (Å²) in [5.41, 5.74) is 13.0. The lowest BCUT2D eigenvalue weighted by atomic mass is 9.82. The SMILES string of the molecule is Cc1ccc2[n+](c1)C1C([n+]3ccc(-c4ccccc4)cc3-c3ccccc3C)=CCC1c1cc(C#N)ccc1-2. The van der Waals surface area contributed by atoms with Crippen molar-refractivity contribution < 1.29 is 9.13 Å². The number of hydrogen-bond donors (Lipinski definition) is 0. The predicted octanol–water partition coefficient (Wildman–Crippen LogP) is 7.33. The average Bonchev–Trinajstić information content (AvgIpc) is 3.43. The Morgan fingerprint density at radius 3 is 2.41 bits per heavy atom. The molecule has 3 heteroatoms. The van der Waals surface area contributed by atoms with Crippen LogP contribution in [0, 0.1) is 25.2 Å². The molecule has 0 fully saturated rings. The number of aromatic nitrogens is 2. The molecule has 0 bridgehead atoms. The molecule has 3 heterocycles. The molecule has 1 aliphatic carbocycles. The van der Waals surface area contributed by atoms with Crippen LogP contribution in [0.15, 0.2) is 116 Å². The van der Waals surface area contributed by atoms with Gasteiger partial charge in [-0.15, -0.1) is 0 Å². The Morgan fingerprint density at radius 1 is 0.769 bits per heavy atom. The summed E-state index contributed by atoms with van der Waals surface area (Å²) in [6.45, 7) is 4.35. The molecule has 2 aliphatic rings. The van der Waals surface area contributed by atoms with E-state index in [1.807, 2.05) is 6.07 Å². The molecular weight excluding hydrogens is 474 g/mol. The minimum absolute atomic E-state index is 0.136. The van der Waals surface area contributed by atoms with Gasteiger partial charge in [0.2, 0.25) is 17.4 Å². The normalized spacial score (nSPS) is 17.0. The summed E-state index contributed by atoms with van der Waals surface area (Å²) in [4.78, 5) is 0. The maximum Gasteiger partial charge on any atom is 0.253 e. The molecule has 5 aromatic rings. The van der Waals surface area contributed by atoms with Crippen LogP contribution in [0.25, 0.3) is 39.3 Å². The number of rotatable bonds is 3. The average molecular weight is 504 g/mol. The summed E-state index contributed by atoms with van der Waals surface area (Å²) in [5.74, 6) is 0.272. The minimum Gasteiger partial charge on any atom is -0.192 e. The van der Waals surface area contributed by atoms with Crippen LogP contribution in [0.4, 0.5) is 0 Å². The first-order valence-corrected chi connectivity index (χ1v) is 13.6. The summed E-state index contributed by atoms with van der Waals surface area (Å²) in [7, 11) is 0. The molecule has 39 heavy (non-hydrogen) atoms. The van der Waals surface area contributed by atoms with E-state index < -0.39 is 0 Å². The number of pyridine rings is 2. The van der Waals surface area contributed by atoms with Gasteiger partial charge in [0.1, 0.15) is 0 Å². The maximum atomic E-state index is 9.68. The van der Waals surface area contributed by atoms with Crippen LogP contribution in [0.1, 0.15) is 40.6 Å². The fraction of sp³-hybridized carbons (Fsp3) is 0.139. The Morgan fingerprint density at radius 2 is 1.59 bits per heavy atom. The quantitative estimate of drug-likeness (QED) is 0.237. The van der Waals surface area contributed by atoms with Gasteiger partial charge in [-0.2, -0.15) is 14.4 Å². The molecule has 0 amide bonds. The van der Waals surface area contributed by atoms with Gasteiger partial charge in [0.05, 0.1) is 23.1 Å². The molecule has 2 unspecified atom stereocenters. The second-order valence-corrected chi connectivity index (χ2v) is 10.7. The van der Waals surface area contributed by atoms with Crippen LogP contribution < -0.4 is 9.13 Å². The Kier molecular flexibility index (Phi) is 5.49. The van der Waals surface area contributed by atoms with Gasteiger partial charge in [-0.1, -0.05) is 48.5 Å². The third-order valence-corrected chi connectivity index (χ3v) is 8.31. The van der Waals surface area contributed by atoms with E-state index in [0.717, 1.165) is 12.0 Å². The van der Waals surface area contributed by atoms with E-state index in [0.29, 0.717) is 0 Å². The summed E-state index contributed by atoms with van der Waals surface area (Å²) < 4.78 is 4.87. The first-order valence-electron chi connectivity index (χ1n) is 13.6. The molecule has 0 saturated carbocycles. The van der Waals surface area contributed by atoms with E-state index in [-0.39, 0.29) is 12.0 Å². The van der Waals surface area contributed by atoms with E-state index in [4.69, 9.17) is 0 Å². The lowest BCUT2D eigenvalue weighted by molar-refractivity contribution is -0.725. The number of hydrogen-bond acceptors (Lipinski definition) is 1. The zero-order chi connectivity index (χ0) is 26.5. The number of nitriles is 1. The standard InChI is InChI=1S/C36H29N3/c1-24-12-16-33-30-14-13-26(22-37)20-32(30)31-15-17-34(36(31)39(33)23-24)38-19-18-28(27-9-4-3-5-10-27)21-35(38)29-11-7-6-8-25(29)2/h3-14,16-21,23,31,36H,15H2,1-2H3/q+2. The molecular formula is C36H29N3+2. The predicted molar refractivity (Wildman–Crippen MR) is 154 cm³/mol. The lowest BCUT2D eigenvalue weighted by Gasteiger charge is -2.26. The molecule has 186 valence electrons. The fourth-order valence-corrected chi connectivity index (χ4v) is 6.44. The van der Waals surface area contributed by atoms with Crippen molar-refractivity contribution in [2.45, 2.75) is 32.2 Å². The van der Waals surface area contributed by atoms with Crippen molar-refractivity contribution >= 4 is 5.70 Å². The molecule has 0 saturated heterocycles. The highest BCUT2D eigenvalue weighted by molar-refractivity contribution is 5.72. The summed E-state index contributed by atoms with van der Waals surface area (Å²) >= 11 is 0. The first-order chi connectivity index (χ1) is 19.1. The highest BCUT2D eigenvalue weighted by atomic mass is 15.1. The molecule has 2 aromatic heterocycles. The Labute approximate surface area is 229 Å². The highest BCUT2D eigenvalue weighted by Gasteiger charge is 2.50. The molecule has 1 aliphatic heterocycles. The molecule has 0 radical (unpaired) electrons. The highest BCUT2D eigenvalue weighted by Crippen LogP contribution is 2.48. The van der Waals surface area contributed by atoms with Crippen molar-refractivity contribution in [3.05, 3.63) is 138 Å². The second kappa shape index (κ2) is 9.19. The van der Waals surface area contributed by atoms with Crippen molar-refractivity contribution in [1.82, 2.24) is 0 Å². The summed E-state index contributed by atoms with van der Waals surface area (Å²) in [5, 5.41) is 9.68. The van der Waals surface area contributed by atoms with Gasteiger partial charge in [0.15, 0.2) is 12.4 Å². The lowest BCUT2D eigenvalue weighted by Crippen LogP contribution is -2.52. The minimum atomic E-state index is 0.136. The van der Waals surface area contributed by atoms with Gasteiger partial charge < -0.3 is 0 Å². The van der Waals surface area contributed by atoms with Gasteiger partial charge in [0, 0.05) is 29.3 Å². The van der Waals surface area contributed by atoms with Crippen LogP contribution in [0.5, 0.6) is 0 Å². The Bertz CT molecular complexity index is 1820. The number of benzene rings is 3. The van der Waals surface area contributed by atoms with Crippen LogP contribution in [-0.4, -0.2) is 0 Å². The number of nitrogens with zero attached hydrogens (tertiary/aromatic N) is 3. The van der Waals surface area contributed by atoms with Crippen molar-refractivity contribution in [1.29, 1.82) is 5.26 Å². The van der Waals surface area contributed by atoms with Gasteiger partial charge in [0.25, 0.3) is 5.70 Å². The van der Waals surface area contributed by atoms with Gasteiger partial charge in [-0.25, -0.2) is 0 Å². The first kappa shape index (κ1) is 23.3. The van der Waals surface area contributed by atoms with Crippen LogP contribution >= 0.6 is 0 Å². The summed E-state index contributed by atoms with van der Waals surface area (Å²) in [6, 6.07) is 36.9. The zero-order valence-corrected chi connectivity index (χ0v) is 22.2. The van der Waals surface area contributed by atoms with Crippen LogP contribution in [-0.2, 0) is 0 Å². The van der Waals surface area contributed by atoms with Crippen molar-refractivity contribution in [2.75, 3.05) is 0 Å². The monoisotopic (exact) mass is 503 g/mol. The van der Waals surface area contributed by atoms with E-state index in [9.17, 15) is 5.26 Å². The maximum absolute atomic E-state index is 9.68. The van der Waals surface area contributed by atoms with Crippen molar-refractivity contribution in [3.63, 3.8) is 0 Å². The molecule has 2 atom stereocenters. The van der Waals surface area contributed by atoms with E-state index >= 15 is 0 Å². The van der Waals surface area contributed by atoms with Gasteiger partial charge in [-0.05, 0) is 78.9 Å². The van der Waals surface area contributed by atoms with E-state index in [2.05, 4.69) is 139 Å². The third kappa shape index (κ3) is 3.80. The van der Waals surface area contributed by atoms with E-state index in [1.54, 1.807) is 0 Å². The van der Waals surface area contributed by atoms with Crippen LogP contribution in [0.3, 0.4) is 0 Å². The molecule has 0 N–H and O–H groups in total. The Hall–Kier alpha value is -4.81. The third-order valence-electron chi connectivity index (χ3n) is 8.31. The Balaban J connectivity index is 1.44. The largest absolute Gasteiger partial charge is 0.253 e. The molecule has 0 spiro atoms. The fourth-order valence-electron chi connectivity index (χ4n) is 6.44. The molecule has 7 rings (SSSR count). The topological polar surface area (TPSA) is 31.5 Å². The smallest absolute Gasteiger partial charge is 0.192 e. The van der Waals surface area contributed by atoms with E-state index in [1.165, 1.54) is 56.0 Å². The van der Waals surface area contributed by atoms with Crippen molar-refractivity contribution in [2.24, 2.45) is 0 Å². The van der Waals surface area contributed by atoms with Gasteiger partial charge >= 0.3 is 0 Å². The van der Waals surface area contributed by atoms with Gasteiger partial charge in [-0.3, -0.25) is 0 Å². The second-order valence-electron chi connectivity index (χ2n) is 10.7. The zero-order valence-electron chi connectivity index (χ0n) is 22.2. The van der Waals surface area contributed by atoms with Crippen LogP contribution in [0.2, 0.25) is 0 Å². The number of allylic oxidation sites excluding steroid dienone is 2. The van der Waals surface area contributed by atoms with Crippen molar-refractivity contribution in [3.8, 4) is 39.7 Å². The number of fused-ring (bicyclic) bond motifs is 6. The number of aryl methyl sites for hydroxylation is 2. The molecule has 3 nitrogen and oxygen atoms in total.